The van der Waals surface area contributed by atoms with Gasteiger partial charge in [0.15, 0.2) is 5.96 Å². The highest BCUT2D eigenvalue weighted by atomic mass is 32.2. The first-order chi connectivity index (χ1) is 13.8. The largest absolute Gasteiger partial charge is 0.357 e. The number of rotatable bonds is 7. The lowest BCUT2D eigenvalue weighted by molar-refractivity contribution is 0.440. The maximum Gasteiger partial charge on any atom is 0.194 e. The molecule has 2 aromatic rings. The van der Waals surface area contributed by atoms with Gasteiger partial charge in [0, 0.05) is 41.9 Å². The van der Waals surface area contributed by atoms with Gasteiger partial charge in [-0.05, 0) is 30.0 Å². The Hall–Kier alpha value is -2.40. The van der Waals surface area contributed by atoms with E-state index in [1.54, 1.807) is 0 Å². The molecule has 0 amide bonds. The molecule has 1 unspecified atom stereocenters. The SMILES string of the molecule is CCNC(=NCCS(=O)Cc1ccccc1)N1CC=C(c2ccccc2)CC1. The smallest absolute Gasteiger partial charge is 0.194 e. The quantitative estimate of drug-likeness (QED) is 0.574. The summed E-state index contributed by atoms with van der Waals surface area (Å²) in [5.74, 6) is 2.10. The van der Waals surface area contributed by atoms with Crippen LogP contribution in [0, 0.1) is 0 Å². The Morgan fingerprint density at radius 3 is 2.46 bits per heavy atom. The zero-order valence-electron chi connectivity index (χ0n) is 16.5. The van der Waals surface area contributed by atoms with Crippen LogP contribution in [0.2, 0.25) is 0 Å². The number of hydrogen-bond acceptors (Lipinski definition) is 2. The first-order valence-corrected chi connectivity index (χ1v) is 11.4. The summed E-state index contributed by atoms with van der Waals surface area (Å²) in [6.07, 6.45) is 3.30. The van der Waals surface area contributed by atoms with Crippen molar-refractivity contribution >= 4 is 22.3 Å². The predicted molar refractivity (Wildman–Crippen MR) is 120 cm³/mol. The van der Waals surface area contributed by atoms with Gasteiger partial charge in [0.05, 0.1) is 6.54 Å². The van der Waals surface area contributed by atoms with E-state index in [0.29, 0.717) is 18.1 Å². The van der Waals surface area contributed by atoms with Gasteiger partial charge in [-0.15, -0.1) is 0 Å². The first-order valence-electron chi connectivity index (χ1n) is 9.93. The minimum absolute atomic E-state index is 0.577. The topological polar surface area (TPSA) is 44.7 Å². The van der Waals surface area contributed by atoms with Crippen molar-refractivity contribution in [1.82, 2.24) is 10.2 Å². The molecule has 0 saturated carbocycles. The van der Waals surface area contributed by atoms with E-state index in [1.807, 2.05) is 30.3 Å². The minimum Gasteiger partial charge on any atom is -0.357 e. The van der Waals surface area contributed by atoms with E-state index in [1.165, 1.54) is 11.1 Å². The molecule has 1 aliphatic heterocycles. The Labute approximate surface area is 170 Å². The zero-order valence-corrected chi connectivity index (χ0v) is 17.3. The van der Waals surface area contributed by atoms with E-state index in [-0.39, 0.29) is 0 Å². The van der Waals surface area contributed by atoms with Crippen LogP contribution >= 0.6 is 0 Å². The van der Waals surface area contributed by atoms with E-state index in [9.17, 15) is 4.21 Å². The fourth-order valence-corrected chi connectivity index (χ4v) is 4.29. The highest BCUT2D eigenvalue weighted by Crippen LogP contribution is 2.21. The van der Waals surface area contributed by atoms with Crippen molar-refractivity contribution in [2.24, 2.45) is 4.99 Å². The summed E-state index contributed by atoms with van der Waals surface area (Å²) in [5.41, 5.74) is 3.82. The third-order valence-electron chi connectivity index (χ3n) is 4.74. The molecule has 1 atom stereocenters. The van der Waals surface area contributed by atoms with Crippen molar-refractivity contribution < 1.29 is 4.21 Å². The fourth-order valence-electron chi connectivity index (χ4n) is 3.29. The van der Waals surface area contributed by atoms with Gasteiger partial charge in [0.1, 0.15) is 0 Å². The Morgan fingerprint density at radius 2 is 1.82 bits per heavy atom. The molecule has 28 heavy (non-hydrogen) atoms. The van der Waals surface area contributed by atoms with Crippen LogP contribution in [0.1, 0.15) is 24.5 Å². The zero-order chi connectivity index (χ0) is 19.6. The van der Waals surface area contributed by atoms with Crippen LogP contribution in [0.4, 0.5) is 0 Å². The van der Waals surface area contributed by atoms with Gasteiger partial charge >= 0.3 is 0 Å². The van der Waals surface area contributed by atoms with Crippen LogP contribution in [0.25, 0.3) is 5.57 Å². The molecule has 1 heterocycles. The van der Waals surface area contributed by atoms with Gasteiger partial charge in [0.25, 0.3) is 0 Å². The highest BCUT2D eigenvalue weighted by molar-refractivity contribution is 7.84. The Morgan fingerprint density at radius 1 is 1.11 bits per heavy atom. The lowest BCUT2D eigenvalue weighted by atomic mass is 10.00. The van der Waals surface area contributed by atoms with Crippen LogP contribution < -0.4 is 5.32 Å². The van der Waals surface area contributed by atoms with Crippen molar-refractivity contribution in [1.29, 1.82) is 0 Å². The maximum atomic E-state index is 12.3. The molecule has 0 bridgehead atoms. The van der Waals surface area contributed by atoms with E-state index < -0.39 is 10.8 Å². The molecule has 0 aliphatic carbocycles. The lowest BCUT2D eigenvalue weighted by Crippen LogP contribution is -2.43. The molecular formula is C23H29N3OS. The molecular weight excluding hydrogens is 366 g/mol. The monoisotopic (exact) mass is 395 g/mol. The summed E-state index contributed by atoms with van der Waals surface area (Å²) in [6.45, 7) is 5.28. The van der Waals surface area contributed by atoms with E-state index in [2.05, 4.69) is 53.5 Å². The second-order valence-electron chi connectivity index (χ2n) is 6.80. The third-order valence-corrected chi connectivity index (χ3v) is 6.03. The summed E-state index contributed by atoms with van der Waals surface area (Å²) < 4.78 is 12.3. The average Bonchev–Trinajstić information content (AvgIpc) is 2.75. The molecule has 0 saturated heterocycles. The number of aliphatic imine (C=N–C) groups is 1. The minimum atomic E-state index is -0.892. The first kappa shape index (κ1) is 20.3. The second kappa shape index (κ2) is 10.8. The van der Waals surface area contributed by atoms with Crippen molar-refractivity contribution in [2.75, 3.05) is 31.9 Å². The lowest BCUT2D eigenvalue weighted by Gasteiger charge is -2.29. The second-order valence-corrected chi connectivity index (χ2v) is 8.38. The Bertz CT molecular complexity index is 818. The van der Waals surface area contributed by atoms with Crippen LogP contribution in [-0.4, -0.2) is 47.0 Å². The van der Waals surface area contributed by atoms with E-state index >= 15 is 0 Å². The van der Waals surface area contributed by atoms with Crippen LogP contribution in [0.3, 0.4) is 0 Å². The summed E-state index contributed by atoms with van der Waals surface area (Å²) >= 11 is 0. The van der Waals surface area contributed by atoms with Gasteiger partial charge in [0.2, 0.25) is 0 Å². The van der Waals surface area contributed by atoms with Crippen molar-refractivity contribution in [2.45, 2.75) is 19.1 Å². The molecule has 5 heteroatoms. The van der Waals surface area contributed by atoms with Crippen LogP contribution in [0.5, 0.6) is 0 Å². The molecule has 0 aromatic heterocycles. The normalized spacial score (nSPS) is 15.8. The summed E-state index contributed by atoms with van der Waals surface area (Å²) in [4.78, 5) is 7.00. The number of nitrogens with zero attached hydrogens (tertiary/aromatic N) is 2. The van der Waals surface area contributed by atoms with Gasteiger partial charge in [-0.2, -0.15) is 0 Å². The molecule has 2 aromatic carbocycles. The van der Waals surface area contributed by atoms with Gasteiger partial charge in [-0.1, -0.05) is 66.7 Å². The number of nitrogens with one attached hydrogen (secondary N) is 1. The molecule has 4 nitrogen and oxygen atoms in total. The van der Waals surface area contributed by atoms with Gasteiger partial charge in [-0.25, -0.2) is 0 Å². The summed E-state index contributed by atoms with van der Waals surface area (Å²) in [5, 5.41) is 3.38. The van der Waals surface area contributed by atoms with Crippen molar-refractivity contribution in [3.8, 4) is 0 Å². The molecule has 0 spiro atoms. The van der Waals surface area contributed by atoms with Crippen LogP contribution in [-0.2, 0) is 16.6 Å². The molecule has 3 rings (SSSR count). The third kappa shape index (κ3) is 6.06. The Balaban J connectivity index is 1.54. The van der Waals surface area contributed by atoms with E-state index in [4.69, 9.17) is 4.99 Å². The van der Waals surface area contributed by atoms with Crippen molar-refractivity contribution in [3.63, 3.8) is 0 Å². The molecule has 0 radical (unpaired) electrons. The van der Waals surface area contributed by atoms with E-state index in [0.717, 1.165) is 37.6 Å². The van der Waals surface area contributed by atoms with Gasteiger partial charge in [-0.3, -0.25) is 9.20 Å². The average molecular weight is 396 g/mol. The van der Waals surface area contributed by atoms with Crippen molar-refractivity contribution in [3.05, 3.63) is 77.9 Å². The molecule has 0 fully saturated rings. The molecule has 1 N–H and O–H groups in total. The summed E-state index contributed by atoms with van der Waals surface area (Å²) in [7, 11) is -0.892. The fraction of sp³-hybridized carbons (Fsp3) is 0.348. The Kier molecular flexibility index (Phi) is 7.85. The number of hydrogen-bond donors (Lipinski definition) is 1. The highest BCUT2D eigenvalue weighted by Gasteiger charge is 2.16. The molecule has 148 valence electrons. The van der Waals surface area contributed by atoms with Crippen LogP contribution in [0.15, 0.2) is 71.7 Å². The maximum absolute atomic E-state index is 12.3. The summed E-state index contributed by atoms with van der Waals surface area (Å²) in [6, 6.07) is 20.6. The number of guanidine groups is 1. The molecule has 1 aliphatic rings. The predicted octanol–water partition coefficient (Wildman–Crippen LogP) is 3.69. The number of benzene rings is 2. The standard InChI is InChI=1S/C23H29N3OS/c1-2-24-23(25-15-18-28(27)19-20-9-5-3-6-10-20)26-16-13-22(14-17-26)21-11-7-4-8-12-21/h3-13H,2,14-19H2,1H3,(H,24,25). The van der Waals surface area contributed by atoms with Gasteiger partial charge < -0.3 is 10.2 Å².